The summed E-state index contributed by atoms with van der Waals surface area (Å²) in [5, 5.41) is 9.91. The molecule has 94 valence electrons. The lowest BCUT2D eigenvalue weighted by Gasteiger charge is -2.14. The molecule has 0 amide bonds. The van der Waals surface area contributed by atoms with Crippen molar-refractivity contribution in [2.45, 2.75) is 6.10 Å². The number of hydrogen-bond donors (Lipinski definition) is 1. The zero-order valence-corrected chi connectivity index (χ0v) is 9.76. The molecule has 0 bridgehead atoms. The zero-order valence-electron chi connectivity index (χ0n) is 9.00. The molecule has 2 aromatic carbocycles. The average molecular weight is 273 g/mol. The summed E-state index contributed by atoms with van der Waals surface area (Å²) < 4.78 is 39.4. The van der Waals surface area contributed by atoms with Crippen molar-refractivity contribution in [2.75, 3.05) is 0 Å². The molecule has 5 heteroatoms. The van der Waals surface area contributed by atoms with E-state index in [1.54, 1.807) is 0 Å². The lowest BCUT2D eigenvalue weighted by Crippen LogP contribution is -2.05. The Labute approximate surface area is 106 Å². The summed E-state index contributed by atoms with van der Waals surface area (Å²) in [5.74, 6) is -2.79. The van der Waals surface area contributed by atoms with E-state index in [4.69, 9.17) is 11.6 Å². The molecule has 18 heavy (non-hydrogen) atoms. The Morgan fingerprint density at radius 3 is 2.39 bits per heavy atom. The van der Waals surface area contributed by atoms with Crippen LogP contribution in [0.2, 0.25) is 5.02 Å². The zero-order chi connectivity index (χ0) is 13.3. The van der Waals surface area contributed by atoms with Gasteiger partial charge in [-0.2, -0.15) is 0 Å². The Morgan fingerprint density at radius 2 is 1.72 bits per heavy atom. The largest absolute Gasteiger partial charge is 0.383 e. The molecule has 0 saturated heterocycles. The normalized spacial score (nSPS) is 12.5. The quantitative estimate of drug-likeness (QED) is 0.881. The van der Waals surface area contributed by atoms with Crippen LogP contribution in [0.5, 0.6) is 0 Å². The fraction of sp³-hybridized carbons (Fsp3) is 0.0769. The topological polar surface area (TPSA) is 20.2 Å². The maximum Gasteiger partial charge on any atom is 0.164 e. The molecule has 0 aliphatic heterocycles. The van der Waals surface area contributed by atoms with E-state index in [9.17, 15) is 18.3 Å². The Hall–Kier alpha value is -1.52. The standard InChI is InChI=1S/C13H8ClF3O/c14-10-6-7(15)4-5-8(10)13(18)9-2-1-3-11(16)12(9)17/h1-6,13,18H. The molecule has 0 aliphatic rings. The van der Waals surface area contributed by atoms with Crippen molar-refractivity contribution in [3.63, 3.8) is 0 Å². The van der Waals surface area contributed by atoms with Crippen LogP contribution in [0.4, 0.5) is 13.2 Å². The Kier molecular flexibility index (Phi) is 3.59. The first-order chi connectivity index (χ1) is 8.50. The summed E-state index contributed by atoms with van der Waals surface area (Å²) in [4.78, 5) is 0. The van der Waals surface area contributed by atoms with Gasteiger partial charge in [0.05, 0.1) is 0 Å². The summed E-state index contributed by atoms with van der Waals surface area (Å²) in [6.07, 6.45) is -1.45. The molecule has 0 aliphatic carbocycles. The van der Waals surface area contributed by atoms with Gasteiger partial charge in [0.25, 0.3) is 0 Å². The fourth-order valence-corrected chi connectivity index (χ4v) is 1.89. The maximum atomic E-state index is 13.5. The summed E-state index contributed by atoms with van der Waals surface area (Å²) in [7, 11) is 0. The van der Waals surface area contributed by atoms with Crippen molar-refractivity contribution in [1.29, 1.82) is 0 Å². The third-order valence-electron chi connectivity index (χ3n) is 2.53. The van der Waals surface area contributed by atoms with E-state index in [0.29, 0.717) is 0 Å². The van der Waals surface area contributed by atoms with Gasteiger partial charge in [-0.3, -0.25) is 0 Å². The number of rotatable bonds is 2. The van der Waals surface area contributed by atoms with Gasteiger partial charge in [0.1, 0.15) is 11.9 Å². The van der Waals surface area contributed by atoms with Gasteiger partial charge in [-0.1, -0.05) is 29.8 Å². The lowest BCUT2D eigenvalue weighted by molar-refractivity contribution is 0.213. The lowest BCUT2D eigenvalue weighted by atomic mass is 10.0. The van der Waals surface area contributed by atoms with E-state index in [-0.39, 0.29) is 16.1 Å². The minimum absolute atomic E-state index is 0.0499. The highest BCUT2D eigenvalue weighted by Gasteiger charge is 2.19. The van der Waals surface area contributed by atoms with Gasteiger partial charge >= 0.3 is 0 Å². The van der Waals surface area contributed by atoms with Gasteiger partial charge in [-0.15, -0.1) is 0 Å². The molecule has 0 saturated carbocycles. The Bertz CT molecular complexity index is 586. The molecule has 0 heterocycles. The third-order valence-corrected chi connectivity index (χ3v) is 2.86. The first-order valence-electron chi connectivity index (χ1n) is 5.07. The molecule has 1 atom stereocenters. The van der Waals surface area contributed by atoms with Gasteiger partial charge < -0.3 is 5.11 Å². The number of hydrogen-bond acceptors (Lipinski definition) is 1. The number of halogens is 4. The van der Waals surface area contributed by atoms with Crippen molar-refractivity contribution in [3.05, 3.63) is 70.0 Å². The van der Waals surface area contributed by atoms with E-state index in [2.05, 4.69) is 0 Å². The van der Waals surface area contributed by atoms with Gasteiger partial charge in [-0.05, 0) is 18.2 Å². The van der Waals surface area contributed by atoms with Gasteiger partial charge in [-0.25, -0.2) is 13.2 Å². The summed E-state index contributed by atoms with van der Waals surface area (Å²) >= 11 is 5.75. The molecule has 1 nitrogen and oxygen atoms in total. The summed E-state index contributed by atoms with van der Waals surface area (Å²) in [6, 6.07) is 6.76. The minimum Gasteiger partial charge on any atom is -0.383 e. The van der Waals surface area contributed by atoms with Crippen LogP contribution in [-0.4, -0.2) is 5.11 Å². The molecule has 1 unspecified atom stereocenters. The van der Waals surface area contributed by atoms with Crippen LogP contribution in [0.3, 0.4) is 0 Å². The summed E-state index contributed by atoms with van der Waals surface area (Å²) in [5.41, 5.74) is -0.133. The predicted molar refractivity (Wildman–Crippen MR) is 61.8 cm³/mol. The Balaban J connectivity index is 2.48. The second-order valence-corrected chi connectivity index (χ2v) is 4.12. The number of aliphatic hydroxyl groups is 1. The van der Waals surface area contributed by atoms with Crippen molar-refractivity contribution in [1.82, 2.24) is 0 Å². The third kappa shape index (κ3) is 2.35. The highest BCUT2D eigenvalue weighted by molar-refractivity contribution is 6.31. The number of aliphatic hydroxyl groups excluding tert-OH is 1. The van der Waals surface area contributed by atoms with Crippen molar-refractivity contribution in [3.8, 4) is 0 Å². The smallest absolute Gasteiger partial charge is 0.164 e. The van der Waals surface area contributed by atoms with Gasteiger partial charge in [0.2, 0.25) is 0 Å². The van der Waals surface area contributed by atoms with Crippen molar-refractivity contribution in [2.24, 2.45) is 0 Å². The molecule has 2 rings (SSSR count). The van der Waals surface area contributed by atoms with Crippen LogP contribution in [0.1, 0.15) is 17.2 Å². The van der Waals surface area contributed by atoms with Crippen molar-refractivity contribution >= 4 is 11.6 Å². The van der Waals surface area contributed by atoms with Crippen LogP contribution in [-0.2, 0) is 0 Å². The first kappa shape index (κ1) is 12.9. The molecule has 0 fully saturated rings. The van der Waals surface area contributed by atoms with Gasteiger partial charge in [0, 0.05) is 16.1 Å². The predicted octanol–water partition coefficient (Wildman–Crippen LogP) is 3.84. The van der Waals surface area contributed by atoms with E-state index < -0.39 is 23.6 Å². The van der Waals surface area contributed by atoms with E-state index in [1.807, 2.05) is 0 Å². The van der Waals surface area contributed by atoms with E-state index in [0.717, 1.165) is 18.2 Å². The second kappa shape index (κ2) is 5.00. The minimum atomic E-state index is -1.45. The molecule has 1 N–H and O–H groups in total. The molecule has 0 radical (unpaired) electrons. The average Bonchev–Trinajstić information content (AvgIpc) is 2.32. The first-order valence-corrected chi connectivity index (χ1v) is 5.45. The molecule has 0 spiro atoms. The van der Waals surface area contributed by atoms with Crippen molar-refractivity contribution < 1.29 is 18.3 Å². The SMILES string of the molecule is OC(c1ccc(F)cc1Cl)c1cccc(F)c1F. The molecule has 0 aromatic heterocycles. The maximum absolute atomic E-state index is 13.5. The van der Waals surface area contributed by atoms with Crippen LogP contribution >= 0.6 is 11.6 Å². The van der Waals surface area contributed by atoms with Crippen LogP contribution < -0.4 is 0 Å². The highest BCUT2D eigenvalue weighted by Crippen LogP contribution is 2.30. The second-order valence-electron chi connectivity index (χ2n) is 3.71. The van der Waals surface area contributed by atoms with Crippen LogP contribution in [0, 0.1) is 17.5 Å². The molecular weight excluding hydrogens is 265 g/mol. The van der Waals surface area contributed by atoms with Gasteiger partial charge in [0.15, 0.2) is 11.6 Å². The van der Waals surface area contributed by atoms with E-state index >= 15 is 0 Å². The highest BCUT2D eigenvalue weighted by atomic mass is 35.5. The Morgan fingerprint density at radius 1 is 1.00 bits per heavy atom. The van der Waals surface area contributed by atoms with E-state index in [1.165, 1.54) is 18.2 Å². The number of benzene rings is 2. The molecular formula is C13H8ClF3O. The molecule has 2 aromatic rings. The van der Waals surface area contributed by atoms with Crippen LogP contribution in [0.25, 0.3) is 0 Å². The monoisotopic (exact) mass is 272 g/mol. The fourth-order valence-electron chi connectivity index (χ4n) is 1.62. The van der Waals surface area contributed by atoms with Crippen LogP contribution in [0.15, 0.2) is 36.4 Å². The summed E-state index contributed by atoms with van der Waals surface area (Å²) in [6.45, 7) is 0.